The number of carbonyl (C=O) groups excluding carboxylic acids is 1. The highest BCUT2D eigenvalue weighted by atomic mass is 35.5. The van der Waals surface area contributed by atoms with Gasteiger partial charge in [-0.3, -0.25) is 9.52 Å². The lowest BCUT2D eigenvalue weighted by Gasteiger charge is -2.12. The molecular formula is C24H22ClN5O3S. The van der Waals surface area contributed by atoms with Crippen molar-refractivity contribution in [1.29, 1.82) is 0 Å². The Labute approximate surface area is 201 Å². The molecule has 1 fully saturated rings. The quantitative estimate of drug-likeness (QED) is 0.370. The number of anilines is 2. The molecule has 0 saturated heterocycles. The zero-order valence-corrected chi connectivity index (χ0v) is 19.7. The molecule has 0 atom stereocenters. The normalized spacial score (nSPS) is 14.5. The van der Waals surface area contributed by atoms with Crippen LogP contribution in [-0.2, 0) is 10.0 Å². The Kier molecular flexibility index (Phi) is 5.75. The summed E-state index contributed by atoms with van der Waals surface area (Å²) in [6, 6.07) is 12.5. The fourth-order valence-electron chi connectivity index (χ4n) is 4.45. The maximum atomic E-state index is 13.5. The number of nitrogens with zero attached hydrogens (tertiary/aromatic N) is 3. The zero-order valence-electron chi connectivity index (χ0n) is 18.1. The molecule has 2 heterocycles. The fourth-order valence-corrected chi connectivity index (χ4v) is 5.62. The van der Waals surface area contributed by atoms with Gasteiger partial charge < -0.3 is 10.3 Å². The zero-order chi connectivity index (χ0) is 23.9. The summed E-state index contributed by atoms with van der Waals surface area (Å²) in [5.41, 5.74) is 7.79. The molecule has 4 aromatic rings. The first-order chi connectivity index (χ1) is 16.3. The summed E-state index contributed by atoms with van der Waals surface area (Å²) in [5, 5.41) is 0.957. The molecule has 2 aromatic carbocycles. The highest BCUT2D eigenvalue weighted by molar-refractivity contribution is 7.92. The van der Waals surface area contributed by atoms with Gasteiger partial charge in [0, 0.05) is 28.5 Å². The standard InChI is InChI=1S/C24H22ClN5O3S/c25-16-8-10-19(11-9-16)34(32,33)29-17-5-3-4-15(12-17)22(31)20-13-30(18-6-1-2-7-18)24-21(20)23(26)27-14-28-24/h3-5,8-14,18,29H,1-2,6-7H2,(H2,26,27,28). The van der Waals surface area contributed by atoms with Gasteiger partial charge in [-0.1, -0.05) is 36.6 Å². The van der Waals surface area contributed by atoms with Crippen LogP contribution >= 0.6 is 11.6 Å². The molecule has 8 nitrogen and oxygen atoms in total. The molecule has 1 aliphatic carbocycles. The van der Waals surface area contributed by atoms with Crippen LogP contribution in [-0.4, -0.2) is 28.7 Å². The van der Waals surface area contributed by atoms with Gasteiger partial charge in [-0.15, -0.1) is 0 Å². The van der Waals surface area contributed by atoms with Crippen LogP contribution in [0.2, 0.25) is 5.02 Å². The number of rotatable bonds is 6. The summed E-state index contributed by atoms with van der Waals surface area (Å²) in [4.78, 5) is 22.1. The third-order valence-electron chi connectivity index (χ3n) is 6.10. The van der Waals surface area contributed by atoms with Crippen LogP contribution in [0.3, 0.4) is 0 Å². The van der Waals surface area contributed by atoms with E-state index in [4.69, 9.17) is 17.3 Å². The van der Waals surface area contributed by atoms with Gasteiger partial charge in [0.25, 0.3) is 10.0 Å². The smallest absolute Gasteiger partial charge is 0.261 e. The van der Waals surface area contributed by atoms with E-state index < -0.39 is 10.0 Å². The van der Waals surface area contributed by atoms with Crippen molar-refractivity contribution in [2.24, 2.45) is 0 Å². The average Bonchev–Trinajstić information content (AvgIpc) is 3.47. The van der Waals surface area contributed by atoms with Crippen LogP contribution in [0.4, 0.5) is 11.5 Å². The Morgan fingerprint density at radius 1 is 1.09 bits per heavy atom. The SMILES string of the molecule is Nc1ncnc2c1c(C(=O)c1cccc(NS(=O)(=O)c3ccc(Cl)cc3)c1)cn2C1CCCC1. The van der Waals surface area contributed by atoms with Crippen LogP contribution in [0.1, 0.15) is 47.6 Å². The Morgan fingerprint density at radius 2 is 1.82 bits per heavy atom. The van der Waals surface area contributed by atoms with Gasteiger partial charge in [-0.25, -0.2) is 18.4 Å². The predicted molar refractivity (Wildman–Crippen MR) is 132 cm³/mol. The van der Waals surface area contributed by atoms with Gasteiger partial charge in [0.1, 0.15) is 17.8 Å². The minimum atomic E-state index is -3.85. The van der Waals surface area contributed by atoms with Gasteiger partial charge in [-0.2, -0.15) is 0 Å². The van der Waals surface area contributed by atoms with E-state index in [0.717, 1.165) is 25.7 Å². The van der Waals surface area contributed by atoms with Crippen molar-refractivity contribution in [1.82, 2.24) is 14.5 Å². The molecule has 0 spiro atoms. The molecule has 0 unspecified atom stereocenters. The first-order valence-corrected chi connectivity index (χ1v) is 12.7. The van der Waals surface area contributed by atoms with Crippen LogP contribution in [0.25, 0.3) is 11.0 Å². The Morgan fingerprint density at radius 3 is 2.56 bits per heavy atom. The summed E-state index contributed by atoms with van der Waals surface area (Å²) < 4.78 is 30.1. The molecule has 0 aliphatic heterocycles. The number of ketones is 1. The lowest BCUT2D eigenvalue weighted by atomic mass is 10.0. The molecule has 0 bridgehead atoms. The summed E-state index contributed by atoms with van der Waals surface area (Å²) in [5.74, 6) is -0.0412. The van der Waals surface area contributed by atoms with Crippen molar-refractivity contribution < 1.29 is 13.2 Å². The molecule has 1 saturated carbocycles. The minimum Gasteiger partial charge on any atom is -0.383 e. The maximum Gasteiger partial charge on any atom is 0.261 e. The van der Waals surface area contributed by atoms with Gasteiger partial charge in [-0.05, 0) is 49.2 Å². The number of hydrogen-bond donors (Lipinski definition) is 2. The number of nitrogens with one attached hydrogen (secondary N) is 1. The van der Waals surface area contributed by atoms with Crippen molar-refractivity contribution in [3.8, 4) is 0 Å². The van der Waals surface area contributed by atoms with E-state index in [9.17, 15) is 13.2 Å². The van der Waals surface area contributed by atoms with E-state index in [-0.39, 0.29) is 28.2 Å². The summed E-state index contributed by atoms with van der Waals surface area (Å²) in [7, 11) is -3.85. The largest absolute Gasteiger partial charge is 0.383 e. The topological polar surface area (TPSA) is 120 Å². The Hall–Kier alpha value is -3.43. The average molecular weight is 496 g/mol. The van der Waals surface area contributed by atoms with Crippen molar-refractivity contribution in [2.75, 3.05) is 10.5 Å². The fraction of sp³-hybridized carbons (Fsp3) is 0.208. The van der Waals surface area contributed by atoms with Crippen LogP contribution in [0.15, 0.2) is 66.0 Å². The molecule has 174 valence electrons. The van der Waals surface area contributed by atoms with E-state index >= 15 is 0 Å². The molecule has 10 heteroatoms. The van der Waals surface area contributed by atoms with Crippen molar-refractivity contribution in [3.63, 3.8) is 0 Å². The third-order valence-corrected chi connectivity index (χ3v) is 7.75. The van der Waals surface area contributed by atoms with Gasteiger partial charge in [0.2, 0.25) is 0 Å². The molecule has 0 radical (unpaired) electrons. The van der Waals surface area contributed by atoms with Gasteiger partial charge in [0.15, 0.2) is 5.78 Å². The monoisotopic (exact) mass is 495 g/mol. The van der Waals surface area contributed by atoms with Crippen molar-refractivity contribution >= 4 is 49.9 Å². The second-order valence-electron chi connectivity index (χ2n) is 8.32. The van der Waals surface area contributed by atoms with E-state index in [2.05, 4.69) is 14.7 Å². The maximum absolute atomic E-state index is 13.5. The second-order valence-corrected chi connectivity index (χ2v) is 10.4. The van der Waals surface area contributed by atoms with E-state index in [0.29, 0.717) is 27.2 Å². The minimum absolute atomic E-state index is 0.0678. The van der Waals surface area contributed by atoms with E-state index in [1.807, 2.05) is 4.57 Å². The molecule has 5 rings (SSSR count). The van der Waals surface area contributed by atoms with E-state index in [1.54, 1.807) is 24.4 Å². The Bertz CT molecular complexity index is 1490. The van der Waals surface area contributed by atoms with Gasteiger partial charge in [0.05, 0.1) is 15.8 Å². The predicted octanol–water partition coefficient (Wildman–Crippen LogP) is 4.81. The number of carbonyl (C=O) groups is 1. The van der Waals surface area contributed by atoms with Crippen LogP contribution in [0, 0.1) is 0 Å². The number of sulfonamides is 1. The van der Waals surface area contributed by atoms with Crippen LogP contribution < -0.4 is 10.5 Å². The molecule has 34 heavy (non-hydrogen) atoms. The first kappa shape index (κ1) is 22.4. The molecule has 1 aliphatic rings. The second kappa shape index (κ2) is 8.73. The first-order valence-electron chi connectivity index (χ1n) is 10.9. The number of hydrogen-bond acceptors (Lipinski definition) is 6. The number of fused-ring (bicyclic) bond motifs is 1. The third kappa shape index (κ3) is 4.12. The lowest BCUT2D eigenvalue weighted by molar-refractivity contribution is 0.104. The highest BCUT2D eigenvalue weighted by Gasteiger charge is 2.25. The lowest BCUT2D eigenvalue weighted by Crippen LogP contribution is -2.13. The highest BCUT2D eigenvalue weighted by Crippen LogP contribution is 2.35. The number of nitrogens with two attached hydrogens (primary N) is 1. The van der Waals surface area contributed by atoms with Crippen molar-refractivity contribution in [2.45, 2.75) is 36.6 Å². The molecule has 0 amide bonds. The van der Waals surface area contributed by atoms with E-state index in [1.165, 1.54) is 36.7 Å². The molecule has 3 N–H and O–H groups in total. The summed E-state index contributed by atoms with van der Waals surface area (Å²) >= 11 is 5.86. The number of benzene rings is 2. The van der Waals surface area contributed by atoms with Gasteiger partial charge >= 0.3 is 0 Å². The number of nitrogen functional groups attached to an aromatic ring is 1. The molecule has 2 aromatic heterocycles. The summed E-state index contributed by atoms with van der Waals surface area (Å²) in [6.45, 7) is 0. The molecular weight excluding hydrogens is 474 g/mol. The van der Waals surface area contributed by atoms with Crippen molar-refractivity contribution in [3.05, 3.63) is 77.2 Å². The Balaban J connectivity index is 1.50. The summed E-state index contributed by atoms with van der Waals surface area (Å²) in [6.07, 6.45) is 7.50. The number of halogens is 1. The van der Waals surface area contributed by atoms with Crippen LogP contribution in [0.5, 0.6) is 0 Å². The number of aromatic nitrogens is 3.